The van der Waals surface area contributed by atoms with E-state index in [4.69, 9.17) is 9.47 Å². The molecule has 8 nitrogen and oxygen atoms in total. The lowest BCUT2D eigenvalue weighted by Gasteiger charge is -2.21. The molecule has 0 aromatic carbocycles. The summed E-state index contributed by atoms with van der Waals surface area (Å²) in [7, 11) is 2.82. The van der Waals surface area contributed by atoms with E-state index in [2.05, 4.69) is 25.4 Å². The zero-order chi connectivity index (χ0) is 19.6. The number of pyridine rings is 1. The summed E-state index contributed by atoms with van der Waals surface area (Å²) >= 11 is 0. The van der Waals surface area contributed by atoms with Crippen LogP contribution in [0.1, 0.15) is 18.7 Å². The summed E-state index contributed by atoms with van der Waals surface area (Å²) < 4.78 is 52.1. The first kappa shape index (κ1) is 18.8. The Morgan fingerprint density at radius 1 is 1.22 bits per heavy atom. The Balaban J connectivity index is 2.17. The van der Waals surface area contributed by atoms with Crippen LogP contribution in [0.25, 0.3) is 16.9 Å². The molecule has 3 rings (SSSR count). The topological polar surface area (TPSA) is 86.5 Å². The molecule has 0 bridgehead atoms. The minimum absolute atomic E-state index is 0.129. The molecule has 3 aromatic heterocycles. The monoisotopic (exact) mass is 382 g/mol. The van der Waals surface area contributed by atoms with E-state index in [1.165, 1.54) is 43.5 Å². The van der Waals surface area contributed by atoms with Crippen LogP contribution in [0.4, 0.5) is 13.2 Å². The summed E-state index contributed by atoms with van der Waals surface area (Å²) in [5.74, 6) is 0.453. The van der Waals surface area contributed by atoms with E-state index in [1.807, 2.05) is 0 Å². The van der Waals surface area contributed by atoms with E-state index in [0.717, 1.165) is 0 Å². The predicted octanol–water partition coefficient (Wildman–Crippen LogP) is 2.42. The number of hydrogen-bond donors (Lipinski definition) is 1. The third-order valence-electron chi connectivity index (χ3n) is 3.84. The largest absolute Gasteiger partial charge is 0.494 e. The van der Waals surface area contributed by atoms with E-state index >= 15 is 0 Å². The van der Waals surface area contributed by atoms with Crippen molar-refractivity contribution in [2.45, 2.75) is 19.1 Å². The Bertz CT molecular complexity index is 944. The van der Waals surface area contributed by atoms with Crippen LogP contribution in [0.15, 0.2) is 24.8 Å². The van der Waals surface area contributed by atoms with Gasteiger partial charge in [0.25, 0.3) is 5.88 Å². The van der Waals surface area contributed by atoms with E-state index in [1.54, 1.807) is 6.92 Å². The van der Waals surface area contributed by atoms with Gasteiger partial charge in [0, 0.05) is 5.56 Å². The first-order valence-corrected chi connectivity index (χ1v) is 7.97. The second kappa shape index (κ2) is 7.35. The summed E-state index contributed by atoms with van der Waals surface area (Å²) in [4.78, 5) is 12.3. The predicted molar refractivity (Wildman–Crippen MR) is 89.6 cm³/mol. The quantitative estimate of drug-likeness (QED) is 0.701. The summed E-state index contributed by atoms with van der Waals surface area (Å²) in [6.45, 7) is 1.72. The molecule has 27 heavy (non-hydrogen) atoms. The van der Waals surface area contributed by atoms with Gasteiger partial charge in [0.1, 0.15) is 18.1 Å². The minimum atomic E-state index is -4.50. The van der Waals surface area contributed by atoms with Crippen LogP contribution in [-0.4, -0.2) is 51.5 Å². The highest BCUT2D eigenvalue weighted by molar-refractivity contribution is 5.68. The first-order chi connectivity index (χ1) is 12.9. The SMILES string of the molecule is CCNC(c1cc(-c2cn3ncnc3c(OC)n2)c(OC)cn1)C(F)(F)F. The van der Waals surface area contributed by atoms with E-state index in [9.17, 15) is 13.2 Å². The second-order valence-electron chi connectivity index (χ2n) is 5.51. The van der Waals surface area contributed by atoms with Gasteiger partial charge < -0.3 is 14.8 Å². The molecule has 0 saturated carbocycles. The molecule has 11 heteroatoms. The number of methoxy groups -OCH3 is 2. The lowest BCUT2D eigenvalue weighted by molar-refractivity contribution is -0.158. The Kier molecular flexibility index (Phi) is 5.13. The molecule has 1 atom stereocenters. The summed E-state index contributed by atoms with van der Waals surface area (Å²) in [6.07, 6.45) is -0.415. The van der Waals surface area contributed by atoms with Gasteiger partial charge in [0.2, 0.25) is 5.65 Å². The van der Waals surface area contributed by atoms with Gasteiger partial charge in [-0.1, -0.05) is 6.92 Å². The second-order valence-corrected chi connectivity index (χ2v) is 5.51. The van der Waals surface area contributed by atoms with Gasteiger partial charge in [-0.25, -0.2) is 14.5 Å². The number of nitrogens with zero attached hydrogens (tertiary/aromatic N) is 5. The number of nitrogens with one attached hydrogen (secondary N) is 1. The summed E-state index contributed by atoms with van der Waals surface area (Å²) in [6, 6.07) is -0.617. The van der Waals surface area contributed by atoms with Crippen LogP contribution >= 0.6 is 0 Å². The molecule has 0 saturated heterocycles. The molecule has 144 valence electrons. The number of aromatic nitrogens is 5. The van der Waals surface area contributed by atoms with Gasteiger partial charge in [-0.2, -0.15) is 18.3 Å². The van der Waals surface area contributed by atoms with E-state index in [0.29, 0.717) is 16.9 Å². The number of halogens is 3. The average molecular weight is 382 g/mol. The van der Waals surface area contributed by atoms with Gasteiger partial charge in [0.05, 0.1) is 38.0 Å². The zero-order valence-corrected chi connectivity index (χ0v) is 14.8. The molecular weight excluding hydrogens is 365 g/mol. The third-order valence-corrected chi connectivity index (χ3v) is 3.84. The fraction of sp³-hybridized carbons (Fsp3) is 0.375. The van der Waals surface area contributed by atoms with Crippen molar-refractivity contribution in [1.82, 2.24) is 29.9 Å². The minimum Gasteiger partial charge on any atom is -0.494 e. The van der Waals surface area contributed by atoms with E-state index < -0.39 is 12.2 Å². The van der Waals surface area contributed by atoms with Crippen LogP contribution in [-0.2, 0) is 0 Å². The Labute approximate surface area is 152 Å². The molecule has 3 heterocycles. The molecule has 0 spiro atoms. The van der Waals surface area contributed by atoms with Crippen molar-refractivity contribution in [3.8, 4) is 22.9 Å². The molecule has 0 fully saturated rings. The number of fused-ring (bicyclic) bond motifs is 1. The van der Waals surface area contributed by atoms with Gasteiger partial charge in [-0.05, 0) is 12.6 Å². The van der Waals surface area contributed by atoms with E-state index in [-0.39, 0.29) is 23.9 Å². The maximum absolute atomic E-state index is 13.4. The van der Waals surface area contributed by atoms with Crippen molar-refractivity contribution in [3.63, 3.8) is 0 Å². The number of hydrogen-bond acceptors (Lipinski definition) is 7. The summed E-state index contributed by atoms with van der Waals surface area (Å²) in [5, 5.41) is 6.43. The van der Waals surface area contributed by atoms with Gasteiger partial charge in [0.15, 0.2) is 0 Å². The summed E-state index contributed by atoms with van der Waals surface area (Å²) in [5.41, 5.74) is 0.822. The van der Waals surface area contributed by atoms with Crippen molar-refractivity contribution in [1.29, 1.82) is 0 Å². The third kappa shape index (κ3) is 3.63. The number of ether oxygens (including phenoxy) is 2. The highest BCUT2D eigenvalue weighted by Gasteiger charge is 2.41. The van der Waals surface area contributed by atoms with Crippen LogP contribution in [0.2, 0.25) is 0 Å². The van der Waals surface area contributed by atoms with Crippen LogP contribution in [0.5, 0.6) is 11.6 Å². The highest BCUT2D eigenvalue weighted by Crippen LogP contribution is 2.36. The lowest BCUT2D eigenvalue weighted by Crippen LogP contribution is -2.34. The number of rotatable bonds is 6. The standard InChI is InChI=1S/C16H17F3N6O2/c1-4-20-13(16(17,18)19)10-5-9(12(26-2)6-21-10)11-7-25-14(22-8-23-25)15(24-11)27-3/h5-8,13,20H,4H2,1-3H3. The molecular formula is C16H17F3N6O2. The van der Waals surface area contributed by atoms with Crippen molar-refractivity contribution in [3.05, 3.63) is 30.5 Å². The number of alkyl halides is 3. The van der Waals surface area contributed by atoms with Crippen LogP contribution in [0.3, 0.4) is 0 Å². The molecule has 1 unspecified atom stereocenters. The highest BCUT2D eigenvalue weighted by atomic mass is 19.4. The smallest absolute Gasteiger partial charge is 0.409 e. The van der Waals surface area contributed by atoms with Crippen LogP contribution in [0, 0.1) is 0 Å². The van der Waals surface area contributed by atoms with Crippen LogP contribution < -0.4 is 14.8 Å². The fourth-order valence-electron chi connectivity index (χ4n) is 2.64. The van der Waals surface area contributed by atoms with Crippen molar-refractivity contribution >= 4 is 5.65 Å². The molecule has 0 aliphatic heterocycles. The van der Waals surface area contributed by atoms with Gasteiger partial charge >= 0.3 is 6.18 Å². The molecule has 1 N–H and O–H groups in total. The Morgan fingerprint density at radius 3 is 2.63 bits per heavy atom. The lowest BCUT2D eigenvalue weighted by atomic mass is 10.1. The zero-order valence-electron chi connectivity index (χ0n) is 14.8. The van der Waals surface area contributed by atoms with Crippen molar-refractivity contribution < 1.29 is 22.6 Å². The fourth-order valence-corrected chi connectivity index (χ4v) is 2.64. The molecule has 0 radical (unpaired) electrons. The maximum Gasteiger partial charge on any atom is 0.409 e. The van der Waals surface area contributed by atoms with Crippen molar-refractivity contribution in [2.75, 3.05) is 20.8 Å². The van der Waals surface area contributed by atoms with Crippen molar-refractivity contribution in [2.24, 2.45) is 0 Å². The molecule has 3 aromatic rings. The normalized spacial score (nSPS) is 13.0. The molecule has 0 amide bonds. The first-order valence-electron chi connectivity index (χ1n) is 7.97. The molecule has 0 aliphatic rings. The maximum atomic E-state index is 13.4. The van der Waals surface area contributed by atoms with Gasteiger partial charge in [-0.15, -0.1) is 0 Å². The Hall–Kier alpha value is -2.95. The van der Waals surface area contributed by atoms with Gasteiger partial charge in [-0.3, -0.25) is 4.98 Å². The Morgan fingerprint density at radius 2 is 2.00 bits per heavy atom. The average Bonchev–Trinajstić information content (AvgIpc) is 3.12. The molecule has 0 aliphatic carbocycles.